The van der Waals surface area contributed by atoms with Crippen LogP contribution in [-0.4, -0.2) is 158 Å². The lowest BCUT2D eigenvalue weighted by molar-refractivity contribution is -0.149. The van der Waals surface area contributed by atoms with Gasteiger partial charge in [-0.15, -0.1) is 0 Å². The van der Waals surface area contributed by atoms with Gasteiger partial charge in [0, 0.05) is 78.2 Å². The molecule has 1 aromatic rings. The van der Waals surface area contributed by atoms with Crippen LogP contribution in [0.4, 0.5) is 0 Å². The molecule has 0 aromatic heterocycles. The number of rotatable bonds is 31. The summed E-state index contributed by atoms with van der Waals surface area (Å²) in [6.07, 6.45) is 5.55. The van der Waals surface area contributed by atoms with Crippen LogP contribution in [0, 0.1) is 29.6 Å². The molecule has 1 saturated heterocycles. The number of hydrogen-bond donors (Lipinski definition) is 2. The Balaban J connectivity index is 1.68. The quantitative estimate of drug-likeness (QED) is 0.0751. The number of likely N-dealkylation sites (tertiary alicyclic amines) is 1. The van der Waals surface area contributed by atoms with E-state index in [1.165, 1.54) is 19.3 Å². The van der Waals surface area contributed by atoms with Gasteiger partial charge in [-0.05, 0) is 69.5 Å². The lowest BCUT2D eigenvalue weighted by Gasteiger charge is -2.41. The van der Waals surface area contributed by atoms with Crippen LogP contribution in [0.25, 0.3) is 0 Å². The first-order valence-electron chi connectivity index (χ1n) is 25.2. The second kappa shape index (κ2) is 28.8. The fraction of sp³-hybridized carbons (Fsp3) is 0.698. The van der Waals surface area contributed by atoms with Gasteiger partial charge < -0.3 is 29.9 Å². The van der Waals surface area contributed by atoms with E-state index in [1.807, 2.05) is 90.9 Å². The minimum absolute atomic E-state index is 0.00102. The predicted octanol–water partition coefficient (Wildman–Crippen LogP) is 5.01. The van der Waals surface area contributed by atoms with Gasteiger partial charge in [0.1, 0.15) is 0 Å². The summed E-state index contributed by atoms with van der Waals surface area (Å²) in [5.41, 5.74) is 0.892. The maximum Gasteiger partial charge on any atom is 0.253 e. The average molecular weight is 965 g/mol. The number of nitrogens with zero attached hydrogens (tertiary/aromatic N) is 4. The number of hydrogen-bond acceptors (Lipinski definition) is 11. The van der Waals surface area contributed by atoms with Crippen molar-refractivity contribution < 1.29 is 47.8 Å². The Hall–Kier alpha value is -4.80. The van der Waals surface area contributed by atoms with Crippen LogP contribution >= 0.6 is 0 Å². The van der Waals surface area contributed by atoms with Crippen molar-refractivity contribution in [1.82, 2.24) is 30.2 Å². The normalized spacial score (nSPS) is 18.5. The van der Waals surface area contributed by atoms with Crippen LogP contribution in [0.5, 0.6) is 0 Å². The van der Waals surface area contributed by atoms with E-state index in [0.29, 0.717) is 51.6 Å². The number of likely N-dealkylation sites (N-methyl/N-ethyl adjacent to an activating group) is 2. The number of unbranched alkanes of at least 4 members (excludes halogenated alkanes) is 2. The monoisotopic (exact) mass is 965 g/mol. The van der Waals surface area contributed by atoms with E-state index in [4.69, 9.17) is 9.47 Å². The largest absolute Gasteiger partial charge is 0.379 e. The number of Topliss-reactive ketones (excluding diaryl/α,β-unsaturated/α-hetero) is 2. The molecule has 16 nitrogen and oxygen atoms in total. The third-order valence-electron chi connectivity index (χ3n) is 14.2. The first-order valence-corrected chi connectivity index (χ1v) is 25.2. The Morgan fingerprint density at radius 1 is 0.812 bits per heavy atom. The molecule has 2 aliphatic rings. The summed E-state index contributed by atoms with van der Waals surface area (Å²) in [5.74, 6) is -3.22. The Kier molecular flexibility index (Phi) is 24.4. The number of carbonyl (C=O) groups is 8. The van der Waals surface area contributed by atoms with Crippen LogP contribution in [0.3, 0.4) is 0 Å². The second-order valence-corrected chi connectivity index (χ2v) is 20.1. The van der Waals surface area contributed by atoms with Crippen molar-refractivity contribution >= 4 is 47.0 Å². The van der Waals surface area contributed by atoms with Crippen molar-refractivity contribution in [2.75, 3.05) is 55.0 Å². The maximum absolute atomic E-state index is 14.5. The number of benzene rings is 1. The topological polar surface area (TPSA) is 192 Å². The maximum atomic E-state index is 14.5. The van der Waals surface area contributed by atoms with Crippen molar-refractivity contribution in [3.8, 4) is 0 Å². The summed E-state index contributed by atoms with van der Waals surface area (Å²) in [5, 5.41) is 5.84. The number of nitrogens with one attached hydrogen (secondary N) is 2. The highest BCUT2D eigenvalue weighted by Gasteiger charge is 2.43. The molecule has 0 saturated carbocycles. The standard InChI is InChI=1S/C53H84N6O10/c1-13-36(6)50(57(10)53(67)39(34(2)3)32-43(61)49(35(4)5)56(8)9)44(68-11)33-48(65)58-29-20-23-41(58)51(69-12)37(7)52(66)55-40(31-38-21-16-14-17-22-38)42(60)24-18-15-19-28-54-45(62)27-30-59-46(63)25-26-47(59)64/h14,16-17,21-22,25-26,34-37,39-41,44,49-51H,13,15,18-20,23-24,27-33H2,1-12H3,(H,54,62)(H,55,66)/t36-,37+,39-,40-,41-,44+,49-,50-,51+/m0/s1. The number of amides is 6. The van der Waals surface area contributed by atoms with Gasteiger partial charge in [0.2, 0.25) is 23.6 Å². The molecular weight excluding hydrogens is 881 g/mol. The van der Waals surface area contributed by atoms with Gasteiger partial charge in [-0.25, -0.2) is 0 Å². The molecule has 3 rings (SSSR count). The third-order valence-corrected chi connectivity index (χ3v) is 14.2. The highest BCUT2D eigenvalue weighted by atomic mass is 16.5. The van der Waals surface area contributed by atoms with Crippen molar-refractivity contribution in [3.05, 3.63) is 48.0 Å². The molecule has 16 heteroatoms. The fourth-order valence-corrected chi connectivity index (χ4v) is 10.1. The summed E-state index contributed by atoms with van der Waals surface area (Å²) in [4.78, 5) is 113. The zero-order valence-electron chi connectivity index (χ0n) is 43.7. The summed E-state index contributed by atoms with van der Waals surface area (Å²) >= 11 is 0. The first-order chi connectivity index (χ1) is 32.7. The molecule has 0 aliphatic carbocycles. The molecule has 2 N–H and O–H groups in total. The highest BCUT2D eigenvalue weighted by molar-refractivity contribution is 6.13. The van der Waals surface area contributed by atoms with Crippen LogP contribution in [0.15, 0.2) is 42.5 Å². The summed E-state index contributed by atoms with van der Waals surface area (Å²) < 4.78 is 12.1. The van der Waals surface area contributed by atoms with E-state index in [0.717, 1.165) is 16.9 Å². The fourth-order valence-electron chi connectivity index (χ4n) is 10.1. The number of methoxy groups -OCH3 is 2. The zero-order chi connectivity index (χ0) is 51.5. The highest BCUT2D eigenvalue weighted by Crippen LogP contribution is 2.31. The Bertz CT molecular complexity index is 1880. The average Bonchev–Trinajstić information content (AvgIpc) is 3.92. The molecule has 0 spiro atoms. The molecular formula is C53H84N6O10. The smallest absolute Gasteiger partial charge is 0.253 e. The van der Waals surface area contributed by atoms with Gasteiger partial charge >= 0.3 is 0 Å². The van der Waals surface area contributed by atoms with Crippen molar-refractivity contribution in [3.63, 3.8) is 0 Å². The van der Waals surface area contributed by atoms with E-state index in [2.05, 4.69) is 10.6 Å². The van der Waals surface area contributed by atoms with Gasteiger partial charge in [0.05, 0.1) is 48.7 Å². The molecule has 9 atom stereocenters. The minimum atomic E-state index is -0.802. The van der Waals surface area contributed by atoms with Crippen molar-refractivity contribution in [2.45, 2.75) is 155 Å². The van der Waals surface area contributed by atoms with Gasteiger partial charge in [0.25, 0.3) is 11.8 Å². The minimum Gasteiger partial charge on any atom is -0.379 e. The van der Waals surface area contributed by atoms with Gasteiger partial charge in [0.15, 0.2) is 11.6 Å². The molecule has 1 aromatic carbocycles. The van der Waals surface area contributed by atoms with E-state index in [-0.39, 0.29) is 91.2 Å². The Morgan fingerprint density at radius 3 is 2.03 bits per heavy atom. The van der Waals surface area contributed by atoms with E-state index >= 15 is 0 Å². The molecule has 0 radical (unpaired) electrons. The number of ether oxygens (including phenoxy) is 2. The Labute approximate surface area is 412 Å². The molecule has 0 bridgehead atoms. The van der Waals surface area contributed by atoms with Crippen LogP contribution in [-0.2, 0) is 54.3 Å². The van der Waals surface area contributed by atoms with Crippen molar-refractivity contribution in [1.29, 1.82) is 0 Å². The van der Waals surface area contributed by atoms with Crippen molar-refractivity contribution in [2.24, 2.45) is 29.6 Å². The number of carbonyl (C=O) groups excluding carboxylic acids is 8. The third kappa shape index (κ3) is 16.9. The number of imide groups is 1. The summed E-state index contributed by atoms with van der Waals surface area (Å²) in [6, 6.07) is 7.49. The zero-order valence-corrected chi connectivity index (χ0v) is 43.7. The Morgan fingerprint density at radius 2 is 1.46 bits per heavy atom. The predicted molar refractivity (Wildman–Crippen MR) is 265 cm³/mol. The van der Waals surface area contributed by atoms with Crippen LogP contribution in [0.1, 0.15) is 118 Å². The molecule has 6 amide bonds. The van der Waals surface area contributed by atoms with E-state index in [1.54, 1.807) is 30.9 Å². The molecule has 386 valence electrons. The van der Waals surface area contributed by atoms with Crippen LogP contribution < -0.4 is 10.6 Å². The van der Waals surface area contributed by atoms with Gasteiger partial charge in [-0.1, -0.05) is 91.6 Å². The molecule has 0 unspecified atom stereocenters. The first kappa shape index (κ1) is 58.5. The van der Waals surface area contributed by atoms with Gasteiger partial charge in [-0.3, -0.25) is 48.2 Å². The lowest BCUT2D eigenvalue weighted by atomic mass is 9.83. The van der Waals surface area contributed by atoms with E-state index in [9.17, 15) is 38.4 Å². The molecule has 2 aliphatic heterocycles. The summed E-state index contributed by atoms with van der Waals surface area (Å²) in [6.45, 7) is 14.7. The number of ketones is 2. The van der Waals surface area contributed by atoms with Crippen LogP contribution in [0.2, 0.25) is 0 Å². The van der Waals surface area contributed by atoms with E-state index < -0.39 is 54.0 Å². The van der Waals surface area contributed by atoms with Gasteiger partial charge in [-0.2, -0.15) is 0 Å². The second-order valence-electron chi connectivity index (χ2n) is 20.1. The molecule has 1 fully saturated rings. The lowest BCUT2D eigenvalue weighted by Crippen LogP contribution is -2.55. The SMILES string of the molecule is CC[C@H](C)[C@@H]([C@@H](CC(=O)N1CCC[C@H]1[C@H](OC)[C@@H](C)C(=O)N[C@@H](Cc1ccccc1)C(=O)CCCCCNC(=O)CCN1C(=O)C=CC1=O)OC)N(C)C(=O)[C@@H](CC(=O)[C@H](C(C)C)N(C)C)C(C)C. The molecule has 69 heavy (non-hydrogen) atoms. The molecule has 2 heterocycles. The summed E-state index contributed by atoms with van der Waals surface area (Å²) in [7, 11) is 8.62.